The first-order valence-electron chi connectivity index (χ1n) is 12.9. The van der Waals surface area contributed by atoms with Gasteiger partial charge in [-0.1, -0.05) is 58.5 Å². The van der Waals surface area contributed by atoms with E-state index in [1.807, 2.05) is 52.8 Å². The number of carbonyl (C=O) groups is 1. The lowest BCUT2D eigenvalue weighted by atomic mass is 9.80. The van der Waals surface area contributed by atoms with Gasteiger partial charge in [-0.05, 0) is 72.1 Å². The van der Waals surface area contributed by atoms with Crippen molar-refractivity contribution in [2.24, 2.45) is 5.92 Å². The normalized spacial score (nSPS) is 18.6. The number of hydrogen-bond acceptors (Lipinski definition) is 7. The lowest BCUT2D eigenvalue weighted by molar-refractivity contribution is -0.164. The van der Waals surface area contributed by atoms with Crippen molar-refractivity contribution in [3.05, 3.63) is 63.8 Å². The van der Waals surface area contributed by atoms with Crippen LogP contribution in [0.5, 0.6) is 5.75 Å². The van der Waals surface area contributed by atoms with Crippen LogP contribution < -0.4 is 4.72 Å². The number of phenols is 1. The van der Waals surface area contributed by atoms with E-state index in [4.69, 9.17) is 4.74 Å². The lowest BCUT2D eigenvalue weighted by Gasteiger charge is -2.40. The van der Waals surface area contributed by atoms with Crippen molar-refractivity contribution in [2.45, 2.75) is 76.7 Å². The molecular weight excluding hydrogens is 536 g/mol. The van der Waals surface area contributed by atoms with E-state index in [2.05, 4.69) is 4.72 Å². The minimum Gasteiger partial charge on any atom is -0.511 e. The molecule has 0 bridgehead atoms. The Hall–Kier alpha value is -2.69. The van der Waals surface area contributed by atoms with E-state index in [1.165, 1.54) is 14.1 Å². The largest absolute Gasteiger partial charge is 0.511 e. The standard InChI is InChI=1S/C29H40N2O6S2/c1-18(2)29(14-13-20-9-11-21(32)12-10-20)17-24(33)26(27(34)37-29)38-25-15-19(3)23(16-22(25)28(4,5)6)30-39(35,36)31(7)8/h9-12,15-16,18,30,32-33H,13-14,17H2,1-8H3. The van der Waals surface area contributed by atoms with Crippen molar-refractivity contribution >= 4 is 33.6 Å². The summed E-state index contributed by atoms with van der Waals surface area (Å²) >= 11 is 1.15. The molecule has 2 aromatic rings. The molecule has 1 unspecified atom stereocenters. The maximum Gasteiger partial charge on any atom is 0.349 e. The summed E-state index contributed by atoms with van der Waals surface area (Å²) in [4.78, 5) is 14.3. The van der Waals surface area contributed by atoms with Gasteiger partial charge in [0.1, 0.15) is 22.0 Å². The predicted molar refractivity (Wildman–Crippen MR) is 156 cm³/mol. The van der Waals surface area contributed by atoms with Gasteiger partial charge in [-0.25, -0.2) is 4.79 Å². The van der Waals surface area contributed by atoms with Crippen LogP contribution in [0.3, 0.4) is 0 Å². The van der Waals surface area contributed by atoms with Gasteiger partial charge >= 0.3 is 16.2 Å². The van der Waals surface area contributed by atoms with E-state index < -0.39 is 21.8 Å². The number of carbonyl (C=O) groups excluding carboxylic acids is 1. The van der Waals surface area contributed by atoms with Gasteiger partial charge in [-0.2, -0.15) is 12.7 Å². The van der Waals surface area contributed by atoms with Crippen LogP contribution in [-0.4, -0.2) is 48.6 Å². The summed E-state index contributed by atoms with van der Waals surface area (Å²) in [6.07, 6.45) is 1.34. The summed E-state index contributed by atoms with van der Waals surface area (Å²) in [6.45, 7) is 11.8. The Labute approximate surface area is 236 Å². The zero-order valence-electron chi connectivity index (χ0n) is 24.0. The van der Waals surface area contributed by atoms with Gasteiger partial charge in [-0.3, -0.25) is 4.72 Å². The number of aliphatic hydroxyl groups is 1. The second kappa shape index (κ2) is 11.4. The second-order valence-corrected chi connectivity index (χ2v) is 14.6. The number of hydrogen-bond donors (Lipinski definition) is 3. The van der Waals surface area contributed by atoms with E-state index in [0.717, 1.165) is 32.1 Å². The molecule has 0 saturated carbocycles. The van der Waals surface area contributed by atoms with Crippen molar-refractivity contribution in [2.75, 3.05) is 18.8 Å². The zero-order valence-corrected chi connectivity index (χ0v) is 25.6. The summed E-state index contributed by atoms with van der Waals surface area (Å²) in [7, 11) is -0.788. The summed E-state index contributed by atoms with van der Waals surface area (Å²) in [6, 6.07) is 10.6. The van der Waals surface area contributed by atoms with E-state index in [0.29, 0.717) is 24.1 Å². The Morgan fingerprint density at radius 1 is 1.13 bits per heavy atom. The lowest BCUT2D eigenvalue weighted by Crippen LogP contribution is -2.44. The Bertz CT molecular complexity index is 1360. The monoisotopic (exact) mass is 576 g/mol. The maximum atomic E-state index is 13.4. The molecule has 8 nitrogen and oxygen atoms in total. The molecule has 0 aliphatic carbocycles. The molecule has 3 rings (SSSR count). The highest BCUT2D eigenvalue weighted by Gasteiger charge is 2.44. The number of esters is 1. The second-order valence-electron chi connectivity index (χ2n) is 11.6. The van der Waals surface area contributed by atoms with Crippen molar-refractivity contribution in [1.82, 2.24) is 4.31 Å². The highest BCUT2D eigenvalue weighted by atomic mass is 32.2. The van der Waals surface area contributed by atoms with Crippen LogP contribution in [0, 0.1) is 12.8 Å². The molecule has 3 N–H and O–H groups in total. The molecule has 1 aliphatic heterocycles. The fourth-order valence-corrected chi connectivity index (χ4v) is 6.35. The van der Waals surface area contributed by atoms with Gasteiger partial charge in [0.2, 0.25) is 0 Å². The zero-order chi connectivity index (χ0) is 29.3. The number of aliphatic hydroxyl groups excluding tert-OH is 1. The average molecular weight is 577 g/mol. The minimum absolute atomic E-state index is 0.00874. The fraction of sp³-hybridized carbons (Fsp3) is 0.483. The number of thioether (sulfide) groups is 1. The first-order chi connectivity index (χ1) is 17.9. The Kier molecular flexibility index (Phi) is 9.04. The van der Waals surface area contributed by atoms with Gasteiger partial charge in [0.05, 0.1) is 5.69 Å². The highest BCUT2D eigenvalue weighted by molar-refractivity contribution is 8.04. The first-order valence-corrected chi connectivity index (χ1v) is 15.2. The number of rotatable bonds is 9. The van der Waals surface area contributed by atoms with E-state index in [1.54, 1.807) is 25.1 Å². The molecule has 0 amide bonds. The number of nitrogens with zero attached hydrogens (tertiary/aromatic N) is 1. The first kappa shape index (κ1) is 30.8. The van der Waals surface area contributed by atoms with E-state index >= 15 is 0 Å². The van der Waals surface area contributed by atoms with Crippen molar-refractivity contribution in [3.8, 4) is 5.75 Å². The van der Waals surface area contributed by atoms with Gasteiger partial charge in [0.15, 0.2) is 0 Å². The SMILES string of the molecule is Cc1cc(SC2=C(O)CC(CCc3ccc(O)cc3)(C(C)C)OC2=O)c(C(C)(C)C)cc1NS(=O)(=O)N(C)C. The minimum atomic E-state index is -3.70. The van der Waals surface area contributed by atoms with Crippen LogP contribution in [-0.2, 0) is 31.6 Å². The number of cyclic esters (lactones) is 1. The molecule has 0 radical (unpaired) electrons. The number of nitrogens with one attached hydrogen (secondary N) is 1. The number of benzene rings is 2. The molecule has 1 heterocycles. The molecule has 0 fully saturated rings. The molecule has 0 spiro atoms. The summed E-state index contributed by atoms with van der Waals surface area (Å²) in [5.74, 6) is -0.427. The maximum absolute atomic E-state index is 13.4. The molecule has 214 valence electrons. The molecule has 10 heteroatoms. The third-order valence-corrected chi connectivity index (χ3v) is 9.71. The number of aryl methyl sites for hydroxylation is 2. The van der Waals surface area contributed by atoms with Gasteiger partial charge in [0, 0.05) is 25.4 Å². The number of ether oxygens (including phenoxy) is 1. The average Bonchev–Trinajstić information content (AvgIpc) is 2.81. The van der Waals surface area contributed by atoms with Gasteiger partial charge in [0.25, 0.3) is 0 Å². The molecule has 0 saturated heterocycles. The smallest absolute Gasteiger partial charge is 0.349 e. The topological polar surface area (TPSA) is 116 Å². The molecule has 39 heavy (non-hydrogen) atoms. The van der Waals surface area contributed by atoms with E-state index in [9.17, 15) is 23.4 Å². The number of aromatic hydroxyl groups is 1. The van der Waals surface area contributed by atoms with Gasteiger partial charge in [-0.15, -0.1) is 0 Å². The molecule has 2 aromatic carbocycles. The Balaban J connectivity index is 1.94. The van der Waals surface area contributed by atoms with Crippen LogP contribution in [0.25, 0.3) is 0 Å². The molecular formula is C29H40N2O6S2. The summed E-state index contributed by atoms with van der Waals surface area (Å²) in [5.41, 5.74) is 1.73. The predicted octanol–water partition coefficient (Wildman–Crippen LogP) is 6.05. The quantitative estimate of drug-likeness (QED) is 0.311. The third kappa shape index (κ3) is 7.10. The summed E-state index contributed by atoms with van der Waals surface area (Å²) < 4.78 is 34.8. The molecule has 0 aromatic heterocycles. The van der Waals surface area contributed by atoms with Crippen LogP contribution in [0.15, 0.2) is 52.0 Å². The van der Waals surface area contributed by atoms with Crippen molar-refractivity contribution in [3.63, 3.8) is 0 Å². The van der Waals surface area contributed by atoms with E-state index in [-0.39, 0.29) is 34.2 Å². The van der Waals surface area contributed by atoms with Crippen LogP contribution in [0.1, 0.15) is 64.2 Å². The van der Waals surface area contributed by atoms with Gasteiger partial charge < -0.3 is 14.9 Å². The highest BCUT2D eigenvalue weighted by Crippen LogP contribution is 2.46. The van der Waals surface area contributed by atoms with Crippen molar-refractivity contribution in [1.29, 1.82) is 0 Å². The van der Waals surface area contributed by atoms with Crippen molar-refractivity contribution < 1.29 is 28.2 Å². The number of anilines is 1. The third-order valence-electron chi connectivity index (χ3n) is 7.10. The molecule has 1 aliphatic rings. The van der Waals surface area contributed by atoms with Crippen LogP contribution in [0.2, 0.25) is 0 Å². The Morgan fingerprint density at radius 2 is 1.74 bits per heavy atom. The van der Waals surface area contributed by atoms with Crippen LogP contribution >= 0.6 is 11.8 Å². The van der Waals surface area contributed by atoms with Crippen LogP contribution in [0.4, 0.5) is 5.69 Å². The Morgan fingerprint density at radius 3 is 2.26 bits per heavy atom. The molecule has 1 atom stereocenters. The summed E-state index contributed by atoms with van der Waals surface area (Å²) in [5, 5.41) is 20.7. The fourth-order valence-electron chi connectivity index (χ4n) is 4.42. The number of phenolic OH excluding ortho intramolecular Hbond substituents is 1.